The summed E-state index contributed by atoms with van der Waals surface area (Å²) >= 11 is 0. The largest absolute Gasteiger partial charge is 0.268 e. The molecule has 1 aromatic heterocycles. The first-order chi connectivity index (χ1) is 10.7. The molecule has 0 spiro atoms. The van der Waals surface area contributed by atoms with E-state index >= 15 is 0 Å². The van der Waals surface area contributed by atoms with Crippen molar-refractivity contribution in [2.24, 2.45) is 0 Å². The molecule has 0 saturated carbocycles. The van der Waals surface area contributed by atoms with Crippen LogP contribution in [-0.4, -0.2) is 12.4 Å². The Morgan fingerprint density at radius 2 is 1.78 bits per heavy atom. The van der Waals surface area contributed by atoms with Crippen LogP contribution in [-0.2, 0) is 10.0 Å². The molecule has 0 bridgehead atoms. The second-order valence-corrected chi connectivity index (χ2v) is 7.32. The van der Waals surface area contributed by atoms with Gasteiger partial charge in [-0.3, -0.25) is 0 Å². The van der Waals surface area contributed by atoms with Crippen molar-refractivity contribution < 1.29 is 12.8 Å². The van der Waals surface area contributed by atoms with Crippen LogP contribution in [0.1, 0.15) is 23.6 Å². The molecule has 0 fully saturated rings. The molecule has 0 atom stereocenters. The van der Waals surface area contributed by atoms with Crippen molar-refractivity contribution in [2.75, 3.05) is 0 Å². The quantitative estimate of drug-likeness (QED) is 0.866. The molecule has 5 heteroatoms. The number of aryl methyl sites for hydroxylation is 3. The Hall–Kier alpha value is -2.14. The predicted molar refractivity (Wildman–Crippen MR) is 91.8 cm³/mol. The third kappa shape index (κ3) is 3.01. The maximum atomic E-state index is 14.3. The number of halogens is 1. The molecule has 0 aliphatic rings. The van der Waals surface area contributed by atoms with Crippen LogP contribution < -0.4 is 10.6 Å². The molecule has 2 aromatic rings. The molecule has 0 amide bonds. The fourth-order valence-electron chi connectivity index (χ4n) is 2.81. The molecule has 122 valence electrons. The Bertz CT molecular complexity index is 975. The van der Waals surface area contributed by atoms with Crippen LogP contribution in [0.2, 0.25) is 0 Å². The molecule has 0 radical (unpaired) electrons. The third-order valence-electron chi connectivity index (χ3n) is 3.60. The molecule has 0 aliphatic carbocycles. The minimum absolute atomic E-state index is 0.0394. The maximum Gasteiger partial charge on any atom is 0.268 e. The van der Waals surface area contributed by atoms with Crippen molar-refractivity contribution >= 4 is 22.4 Å². The van der Waals surface area contributed by atoms with E-state index in [0.29, 0.717) is 16.3 Å². The SMILES string of the molecule is C=c1ccn(S(=O)(=O)c2c(C)cc(C)cc2C)/c1=C(F)/C=C\C. The highest BCUT2D eigenvalue weighted by molar-refractivity contribution is 7.90. The number of aromatic nitrogens is 1. The number of hydrogen-bond acceptors (Lipinski definition) is 2. The molecule has 0 N–H and O–H groups in total. The van der Waals surface area contributed by atoms with Crippen molar-refractivity contribution in [1.29, 1.82) is 0 Å². The summed E-state index contributed by atoms with van der Waals surface area (Å²) in [5, 5.41) is 0.286. The first-order valence-electron chi connectivity index (χ1n) is 7.22. The van der Waals surface area contributed by atoms with Gasteiger partial charge < -0.3 is 0 Å². The zero-order valence-electron chi connectivity index (χ0n) is 13.7. The van der Waals surface area contributed by atoms with E-state index in [4.69, 9.17) is 0 Å². The van der Waals surface area contributed by atoms with Crippen LogP contribution in [0.25, 0.3) is 12.4 Å². The zero-order valence-corrected chi connectivity index (χ0v) is 14.5. The average molecular weight is 333 g/mol. The first-order valence-corrected chi connectivity index (χ1v) is 8.66. The van der Waals surface area contributed by atoms with Gasteiger partial charge in [-0.15, -0.1) is 0 Å². The summed E-state index contributed by atoms with van der Waals surface area (Å²) in [7, 11) is -3.91. The monoisotopic (exact) mass is 333 g/mol. The lowest BCUT2D eigenvalue weighted by Crippen LogP contribution is -2.34. The van der Waals surface area contributed by atoms with Crippen molar-refractivity contribution in [3.05, 3.63) is 63.8 Å². The van der Waals surface area contributed by atoms with Crippen LogP contribution in [0.5, 0.6) is 0 Å². The van der Waals surface area contributed by atoms with Gasteiger partial charge in [-0.25, -0.2) is 16.8 Å². The van der Waals surface area contributed by atoms with E-state index in [2.05, 4.69) is 6.58 Å². The van der Waals surface area contributed by atoms with Gasteiger partial charge in [0, 0.05) is 6.20 Å². The molecule has 3 nitrogen and oxygen atoms in total. The van der Waals surface area contributed by atoms with E-state index in [9.17, 15) is 12.8 Å². The zero-order chi connectivity index (χ0) is 17.4. The van der Waals surface area contributed by atoms with Gasteiger partial charge in [0.25, 0.3) is 10.0 Å². The fourth-order valence-corrected chi connectivity index (χ4v) is 4.60. The van der Waals surface area contributed by atoms with Gasteiger partial charge in [0.1, 0.15) is 5.83 Å². The van der Waals surface area contributed by atoms with E-state index in [-0.39, 0.29) is 10.2 Å². The molecule has 1 aromatic carbocycles. The molecule has 23 heavy (non-hydrogen) atoms. The lowest BCUT2D eigenvalue weighted by molar-refractivity contribution is 0.584. The molecule has 1 heterocycles. The summed E-state index contributed by atoms with van der Waals surface area (Å²) < 4.78 is 41.4. The highest BCUT2D eigenvalue weighted by Gasteiger charge is 2.23. The number of rotatable bonds is 3. The highest BCUT2D eigenvalue weighted by atomic mass is 32.2. The number of nitrogens with zero attached hydrogens (tertiary/aromatic N) is 1. The average Bonchev–Trinajstić information content (AvgIpc) is 2.80. The molecule has 0 unspecified atom stereocenters. The van der Waals surface area contributed by atoms with Crippen molar-refractivity contribution in [3.63, 3.8) is 0 Å². The van der Waals surface area contributed by atoms with E-state index in [1.807, 2.05) is 6.92 Å². The Labute approximate surface area is 136 Å². The van der Waals surface area contributed by atoms with E-state index in [1.165, 1.54) is 24.4 Å². The van der Waals surface area contributed by atoms with Crippen LogP contribution in [0, 0.1) is 20.8 Å². The summed E-state index contributed by atoms with van der Waals surface area (Å²) in [6.45, 7) is 10.8. The lowest BCUT2D eigenvalue weighted by atomic mass is 10.1. The first kappa shape index (κ1) is 17.2. The van der Waals surface area contributed by atoms with Gasteiger partial charge in [0.2, 0.25) is 0 Å². The lowest BCUT2D eigenvalue weighted by Gasteiger charge is -2.13. The van der Waals surface area contributed by atoms with Crippen LogP contribution >= 0.6 is 0 Å². The van der Waals surface area contributed by atoms with Gasteiger partial charge in [0.15, 0.2) is 0 Å². The second-order valence-electron chi connectivity index (χ2n) is 5.57. The Balaban J connectivity index is 2.89. The molecule has 0 aliphatic heterocycles. The molecular weight excluding hydrogens is 313 g/mol. The number of benzene rings is 1. The van der Waals surface area contributed by atoms with Gasteiger partial charge in [0.05, 0.1) is 10.2 Å². The molecule has 2 rings (SSSR count). The van der Waals surface area contributed by atoms with E-state index in [0.717, 1.165) is 9.54 Å². The highest BCUT2D eigenvalue weighted by Crippen LogP contribution is 2.23. The van der Waals surface area contributed by atoms with Crippen LogP contribution in [0.3, 0.4) is 0 Å². The number of allylic oxidation sites excluding steroid dienone is 2. The number of hydrogen-bond donors (Lipinski definition) is 0. The summed E-state index contributed by atoms with van der Waals surface area (Å²) in [4.78, 5) is 0.202. The Kier molecular flexibility index (Phi) is 4.61. The predicted octanol–water partition coefficient (Wildman–Crippen LogP) is 2.71. The Morgan fingerprint density at radius 1 is 1.22 bits per heavy atom. The minimum Gasteiger partial charge on any atom is -0.238 e. The van der Waals surface area contributed by atoms with Crippen LogP contribution in [0.4, 0.5) is 4.39 Å². The van der Waals surface area contributed by atoms with Gasteiger partial charge in [-0.05, 0) is 56.2 Å². The smallest absolute Gasteiger partial charge is 0.238 e. The molecule has 0 saturated heterocycles. The summed E-state index contributed by atoms with van der Waals surface area (Å²) in [6, 6.07) is 5.11. The second kappa shape index (κ2) is 6.16. The van der Waals surface area contributed by atoms with E-state index < -0.39 is 15.9 Å². The van der Waals surface area contributed by atoms with Gasteiger partial charge in [-0.2, -0.15) is 0 Å². The van der Waals surface area contributed by atoms with E-state index in [1.54, 1.807) is 32.9 Å². The van der Waals surface area contributed by atoms with Crippen molar-refractivity contribution in [3.8, 4) is 0 Å². The van der Waals surface area contributed by atoms with Crippen molar-refractivity contribution in [2.45, 2.75) is 32.6 Å². The van der Waals surface area contributed by atoms with Gasteiger partial charge >= 0.3 is 0 Å². The Morgan fingerprint density at radius 3 is 2.30 bits per heavy atom. The summed E-state index contributed by atoms with van der Waals surface area (Å²) in [5.41, 5.74) is 2.26. The van der Waals surface area contributed by atoms with Crippen LogP contribution in [0.15, 0.2) is 41.4 Å². The van der Waals surface area contributed by atoms with Crippen molar-refractivity contribution in [1.82, 2.24) is 3.97 Å². The third-order valence-corrected chi connectivity index (χ3v) is 5.58. The summed E-state index contributed by atoms with van der Waals surface area (Å²) in [5.74, 6) is -0.631. The standard InChI is InChI=1S/C18H20FNO2S/c1-6-7-16(19)17-13(3)8-9-20(17)23(21,22)18-14(4)10-12(2)11-15(18)5/h6-11H,3H2,1-2,4-5H3/b7-6-,17-16-. The fraction of sp³-hybridized carbons (Fsp3) is 0.222. The van der Waals surface area contributed by atoms with Gasteiger partial charge in [-0.1, -0.05) is 30.4 Å². The maximum absolute atomic E-state index is 14.3. The normalized spacial score (nSPS) is 13.6. The minimum atomic E-state index is -3.91. The topological polar surface area (TPSA) is 39.1 Å². The molecular formula is C18H20FNO2S. The summed E-state index contributed by atoms with van der Waals surface area (Å²) in [6.07, 6.45) is 4.08.